The van der Waals surface area contributed by atoms with Crippen molar-refractivity contribution in [2.45, 2.75) is 24.5 Å². The van der Waals surface area contributed by atoms with Crippen molar-refractivity contribution in [1.29, 1.82) is 0 Å². The number of rotatable bonds is 3. The Morgan fingerprint density at radius 1 is 1.26 bits per heavy atom. The van der Waals surface area contributed by atoms with Crippen molar-refractivity contribution >= 4 is 23.4 Å². The van der Waals surface area contributed by atoms with Gasteiger partial charge >= 0.3 is 0 Å². The number of guanidine groups is 1. The number of hydrogen-bond acceptors (Lipinski definition) is 3. The number of anilines is 1. The smallest absolute Gasteiger partial charge is 0.191 e. The van der Waals surface area contributed by atoms with Gasteiger partial charge in [0.25, 0.3) is 0 Å². The van der Waals surface area contributed by atoms with Gasteiger partial charge in [0, 0.05) is 36.6 Å². The highest BCUT2D eigenvalue weighted by Gasteiger charge is 2.29. The predicted molar refractivity (Wildman–Crippen MR) is 96.8 cm³/mol. The van der Waals surface area contributed by atoms with Gasteiger partial charge in [-0.2, -0.15) is 11.8 Å². The summed E-state index contributed by atoms with van der Waals surface area (Å²) in [5.74, 6) is 1.71. The third kappa shape index (κ3) is 4.10. The fraction of sp³-hybridized carbons (Fsp3) is 0.588. The molecule has 2 aliphatic heterocycles. The molecule has 0 amide bonds. The van der Waals surface area contributed by atoms with Gasteiger partial charge in [-0.15, -0.1) is 0 Å². The van der Waals surface area contributed by atoms with E-state index in [1.807, 2.05) is 23.9 Å². The minimum Gasteiger partial charge on any atom is -0.370 e. The summed E-state index contributed by atoms with van der Waals surface area (Å²) in [4.78, 5) is 9.06. The fourth-order valence-electron chi connectivity index (χ4n) is 3.16. The van der Waals surface area contributed by atoms with Gasteiger partial charge in [-0.1, -0.05) is 0 Å². The van der Waals surface area contributed by atoms with Crippen LogP contribution >= 0.6 is 11.8 Å². The molecule has 0 spiro atoms. The Morgan fingerprint density at radius 2 is 1.96 bits per heavy atom. The highest BCUT2D eigenvalue weighted by molar-refractivity contribution is 8.00. The van der Waals surface area contributed by atoms with Crippen molar-refractivity contribution in [3.8, 4) is 0 Å². The second-order valence-electron chi connectivity index (χ2n) is 6.53. The van der Waals surface area contributed by atoms with E-state index in [1.165, 1.54) is 30.7 Å². The van der Waals surface area contributed by atoms with Crippen LogP contribution in [0.4, 0.5) is 10.1 Å². The lowest BCUT2D eigenvalue weighted by atomic mass is 10.1. The first-order valence-corrected chi connectivity index (χ1v) is 9.24. The fourth-order valence-corrected chi connectivity index (χ4v) is 4.38. The van der Waals surface area contributed by atoms with Gasteiger partial charge in [-0.05, 0) is 49.8 Å². The van der Waals surface area contributed by atoms with E-state index in [-0.39, 0.29) is 10.6 Å². The van der Waals surface area contributed by atoms with Crippen molar-refractivity contribution in [3.63, 3.8) is 0 Å². The summed E-state index contributed by atoms with van der Waals surface area (Å²) in [6, 6.07) is 6.69. The molecule has 0 bridgehead atoms. The lowest BCUT2D eigenvalue weighted by Gasteiger charge is -2.36. The number of nitrogens with two attached hydrogens (primary N) is 1. The molecule has 1 atom stereocenters. The van der Waals surface area contributed by atoms with Crippen LogP contribution in [0.5, 0.6) is 0 Å². The van der Waals surface area contributed by atoms with Gasteiger partial charge in [0.1, 0.15) is 5.82 Å². The molecular formula is C17H25FN4S. The maximum Gasteiger partial charge on any atom is 0.191 e. The summed E-state index contributed by atoms with van der Waals surface area (Å²) in [6.45, 7) is 6.57. The van der Waals surface area contributed by atoms with Gasteiger partial charge in [-0.25, -0.2) is 4.39 Å². The van der Waals surface area contributed by atoms with Gasteiger partial charge in [0.2, 0.25) is 0 Å². The van der Waals surface area contributed by atoms with E-state index in [2.05, 4.69) is 21.7 Å². The number of piperazine rings is 1. The van der Waals surface area contributed by atoms with Crippen LogP contribution < -0.4 is 10.6 Å². The molecule has 4 nitrogen and oxygen atoms in total. The molecule has 1 aromatic rings. The molecular weight excluding hydrogens is 311 g/mol. The zero-order valence-corrected chi connectivity index (χ0v) is 14.5. The van der Waals surface area contributed by atoms with Crippen LogP contribution in [0, 0.1) is 5.82 Å². The molecule has 2 fully saturated rings. The Labute approximate surface area is 141 Å². The van der Waals surface area contributed by atoms with Gasteiger partial charge in [0.05, 0.1) is 6.54 Å². The number of hydrogen-bond donors (Lipinski definition) is 1. The van der Waals surface area contributed by atoms with Crippen molar-refractivity contribution < 1.29 is 4.39 Å². The van der Waals surface area contributed by atoms with E-state index in [4.69, 9.17) is 5.73 Å². The second kappa shape index (κ2) is 6.99. The standard InChI is InChI=1S/C17H25FN4S/c1-17(7-2-12-23-17)13-20-16(19)22-10-8-21(9-11-22)15-5-3-14(18)4-6-15/h3-6H,2,7-13H2,1H3,(H2,19,20). The molecule has 0 radical (unpaired) electrons. The summed E-state index contributed by atoms with van der Waals surface area (Å²) in [5.41, 5.74) is 7.25. The summed E-state index contributed by atoms with van der Waals surface area (Å²) in [6.07, 6.45) is 2.51. The van der Waals surface area contributed by atoms with Crippen molar-refractivity contribution in [1.82, 2.24) is 4.90 Å². The zero-order chi connectivity index (χ0) is 16.3. The first kappa shape index (κ1) is 16.4. The average Bonchev–Trinajstić information content (AvgIpc) is 3.01. The SMILES string of the molecule is CC1(CN=C(N)N2CCN(c3ccc(F)cc3)CC2)CCCS1. The molecule has 1 aromatic carbocycles. The molecule has 1 unspecified atom stereocenters. The van der Waals surface area contributed by atoms with Crippen molar-refractivity contribution in [2.75, 3.05) is 43.4 Å². The first-order chi connectivity index (χ1) is 11.1. The largest absolute Gasteiger partial charge is 0.370 e. The first-order valence-electron chi connectivity index (χ1n) is 8.25. The topological polar surface area (TPSA) is 44.9 Å². The molecule has 0 aromatic heterocycles. The molecule has 2 saturated heterocycles. The Kier molecular flexibility index (Phi) is 4.99. The molecule has 0 aliphatic carbocycles. The predicted octanol–water partition coefficient (Wildman–Crippen LogP) is 2.55. The molecule has 23 heavy (non-hydrogen) atoms. The third-order valence-electron chi connectivity index (χ3n) is 4.67. The van der Waals surface area contributed by atoms with Crippen molar-refractivity contribution in [3.05, 3.63) is 30.1 Å². The lowest BCUT2D eigenvalue weighted by Crippen LogP contribution is -2.51. The van der Waals surface area contributed by atoms with Crippen LogP contribution in [0.3, 0.4) is 0 Å². The van der Waals surface area contributed by atoms with Crippen LogP contribution in [-0.2, 0) is 0 Å². The van der Waals surface area contributed by atoms with Crippen LogP contribution in [-0.4, -0.2) is 54.1 Å². The number of thioether (sulfide) groups is 1. The van der Waals surface area contributed by atoms with Crippen LogP contribution in [0.1, 0.15) is 19.8 Å². The Bertz CT molecular complexity index is 546. The van der Waals surface area contributed by atoms with E-state index in [1.54, 1.807) is 0 Å². The van der Waals surface area contributed by atoms with Crippen molar-refractivity contribution in [2.24, 2.45) is 10.7 Å². The highest BCUT2D eigenvalue weighted by Crippen LogP contribution is 2.37. The van der Waals surface area contributed by atoms with Gasteiger partial charge in [0.15, 0.2) is 5.96 Å². The molecule has 3 rings (SSSR count). The molecule has 0 saturated carbocycles. The summed E-state index contributed by atoms with van der Waals surface area (Å²) >= 11 is 2.01. The number of halogens is 1. The monoisotopic (exact) mass is 336 g/mol. The molecule has 2 N–H and O–H groups in total. The molecule has 126 valence electrons. The van der Waals surface area contributed by atoms with E-state index in [0.29, 0.717) is 5.96 Å². The third-order valence-corrected chi connectivity index (χ3v) is 6.19. The number of aliphatic imine (C=N–C) groups is 1. The lowest BCUT2D eigenvalue weighted by molar-refractivity contribution is 0.380. The maximum absolute atomic E-state index is 13.0. The zero-order valence-electron chi connectivity index (χ0n) is 13.7. The highest BCUT2D eigenvalue weighted by atomic mass is 32.2. The molecule has 2 aliphatic rings. The normalized spacial score (nSPS) is 25.9. The van der Waals surface area contributed by atoms with Gasteiger partial charge < -0.3 is 15.5 Å². The summed E-state index contributed by atoms with van der Waals surface area (Å²) < 4.78 is 13.3. The molecule has 6 heteroatoms. The summed E-state index contributed by atoms with van der Waals surface area (Å²) in [7, 11) is 0. The van der Waals surface area contributed by atoms with Crippen LogP contribution in [0.15, 0.2) is 29.3 Å². The van der Waals surface area contributed by atoms with E-state index >= 15 is 0 Å². The average molecular weight is 336 g/mol. The Balaban J connectivity index is 1.52. The number of benzene rings is 1. The van der Waals surface area contributed by atoms with Gasteiger partial charge in [-0.3, -0.25) is 4.99 Å². The minimum absolute atomic E-state index is 0.193. The van der Waals surface area contributed by atoms with Crippen LogP contribution in [0.25, 0.3) is 0 Å². The second-order valence-corrected chi connectivity index (χ2v) is 8.21. The minimum atomic E-state index is -0.193. The van der Waals surface area contributed by atoms with E-state index in [0.717, 1.165) is 38.4 Å². The van der Waals surface area contributed by atoms with E-state index < -0.39 is 0 Å². The Morgan fingerprint density at radius 3 is 2.57 bits per heavy atom. The number of nitrogens with zero attached hydrogens (tertiary/aromatic N) is 3. The Hall–Kier alpha value is -1.43. The maximum atomic E-state index is 13.0. The van der Waals surface area contributed by atoms with Crippen LogP contribution in [0.2, 0.25) is 0 Å². The summed E-state index contributed by atoms with van der Waals surface area (Å²) in [5, 5.41) is 0. The van der Waals surface area contributed by atoms with E-state index in [9.17, 15) is 4.39 Å². The molecule has 2 heterocycles. The quantitative estimate of drug-likeness (QED) is 0.681.